The summed E-state index contributed by atoms with van der Waals surface area (Å²) in [5, 5.41) is 11.4. The fraction of sp³-hybridized carbons (Fsp3) is 0.909. The number of methoxy groups -OCH3 is 2. The molecule has 3 N–H and O–H groups in total. The Hall–Kier alpha value is -0.890. The molecule has 0 rings (SSSR count). The van der Waals surface area contributed by atoms with Gasteiger partial charge in [0.2, 0.25) is 0 Å². The predicted molar refractivity (Wildman–Crippen MR) is 69.0 cm³/mol. The lowest BCUT2D eigenvalue weighted by Crippen LogP contribution is -2.36. The molecule has 0 aromatic heterocycles. The van der Waals surface area contributed by atoms with Gasteiger partial charge in [-0.05, 0) is 6.92 Å². The smallest absolute Gasteiger partial charge is 0.168 e. The zero-order chi connectivity index (χ0) is 13.8. The Morgan fingerprint density at radius 1 is 1.17 bits per heavy atom. The van der Waals surface area contributed by atoms with E-state index in [4.69, 9.17) is 25.2 Å². The van der Waals surface area contributed by atoms with Gasteiger partial charge in [-0.3, -0.25) is 4.90 Å². The Bertz CT molecular complexity index is 218. The SMILES string of the molecule is COCCN(CCOC)CCOC(C)C(N)=NO. The van der Waals surface area contributed by atoms with Crippen molar-refractivity contribution in [2.75, 3.05) is 53.7 Å². The van der Waals surface area contributed by atoms with Gasteiger partial charge in [0.1, 0.15) is 6.10 Å². The molecule has 1 atom stereocenters. The van der Waals surface area contributed by atoms with Gasteiger partial charge in [-0.2, -0.15) is 0 Å². The number of ether oxygens (including phenoxy) is 3. The van der Waals surface area contributed by atoms with E-state index < -0.39 is 0 Å². The van der Waals surface area contributed by atoms with Crippen LogP contribution in [0.1, 0.15) is 6.92 Å². The summed E-state index contributed by atoms with van der Waals surface area (Å²) in [6.45, 7) is 5.96. The maximum atomic E-state index is 8.49. The van der Waals surface area contributed by atoms with E-state index in [-0.39, 0.29) is 11.9 Å². The lowest BCUT2D eigenvalue weighted by Gasteiger charge is -2.22. The van der Waals surface area contributed by atoms with Crippen LogP contribution in [0.25, 0.3) is 0 Å². The fourth-order valence-corrected chi connectivity index (χ4v) is 1.30. The van der Waals surface area contributed by atoms with E-state index in [1.165, 1.54) is 0 Å². The minimum absolute atomic E-state index is 0.0790. The molecule has 0 bridgehead atoms. The van der Waals surface area contributed by atoms with E-state index in [0.717, 1.165) is 19.6 Å². The Kier molecular flexibility index (Phi) is 10.7. The first-order chi connectivity index (χ1) is 8.65. The third-order valence-corrected chi connectivity index (χ3v) is 2.53. The van der Waals surface area contributed by atoms with E-state index in [9.17, 15) is 0 Å². The molecule has 0 spiro atoms. The zero-order valence-electron chi connectivity index (χ0n) is 11.5. The van der Waals surface area contributed by atoms with Crippen LogP contribution in [0.15, 0.2) is 5.16 Å². The van der Waals surface area contributed by atoms with E-state index in [1.54, 1.807) is 21.1 Å². The Labute approximate surface area is 108 Å². The lowest BCUT2D eigenvalue weighted by molar-refractivity contribution is 0.0603. The van der Waals surface area contributed by atoms with Crippen molar-refractivity contribution < 1.29 is 19.4 Å². The summed E-state index contributed by atoms with van der Waals surface area (Å²) in [4.78, 5) is 2.17. The molecular formula is C11H25N3O4. The topological polar surface area (TPSA) is 89.5 Å². The highest BCUT2D eigenvalue weighted by Crippen LogP contribution is 1.94. The molecule has 0 aliphatic rings. The van der Waals surface area contributed by atoms with Crippen molar-refractivity contribution in [1.82, 2.24) is 4.90 Å². The Morgan fingerprint density at radius 3 is 2.11 bits per heavy atom. The molecule has 18 heavy (non-hydrogen) atoms. The third kappa shape index (κ3) is 8.24. The molecule has 7 nitrogen and oxygen atoms in total. The number of nitrogens with zero attached hydrogens (tertiary/aromatic N) is 2. The quantitative estimate of drug-likeness (QED) is 0.231. The summed E-state index contributed by atoms with van der Waals surface area (Å²) in [7, 11) is 3.34. The van der Waals surface area contributed by atoms with E-state index in [2.05, 4.69) is 10.1 Å². The van der Waals surface area contributed by atoms with Crippen LogP contribution in [-0.4, -0.2) is 75.7 Å². The second-order valence-electron chi connectivity index (χ2n) is 3.87. The minimum Gasteiger partial charge on any atom is -0.409 e. The van der Waals surface area contributed by atoms with Crippen molar-refractivity contribution >= 4 is 5.84 Å². The number of hydrogen-bond donors (Lipinski definition) is 2. The van der Waals surface area contributed by atoms with Crippen LogP contribution in [0.2, 0.25) is 0 Å². The average Bonchev–Trinajstić information content (AvgIpc) is 2.39. The summed E-state index contributed by atoms with van der Waals surface area (Å²) in [6.07, 6.45) is -0.387. The third-order valence-electron chi connectivity index (χ3n) is 2.53. The highest BCUT2D eigenvalue weighted by atomic mass is 16.5. The standard InChI is InChI=1S/C11H25N3O4/c1-10(11(12)13-15)18-9-6-14(4-7-16-2)5-8-17-3/h10,15H,4-9H2,1-3H3,(H2,12,13). The fourth-order valence-electron chi connectivity index (χ4n) is 1.30. The van der Waals surface area contributed by atoms with Crippen molar-refractivity contribution in [3.05, 3.63) is 0 Å². The van der Waals surface area contributed by atoms with Crippen molar-refractivity contribution in [2.45, 2.75) is 13.0 Å². The monoisotopic (exact) mass is 263 g/mol. The van der Waals surface area contributed by atoms with Gasteiger partial charge in [0.15, 0.2) is 5.84 Å². The molecule has 108 valence electrons. The van der Waals surface area contributed by atoms with Crippen LogP contribution in [-0.2, 0) is 14.2 Å². The molecule has 0 amide bonds. The van der Waals surface area contributed by atoms with Gasteiger partial charge in [-0.1, -0.05) is 5.16 Å². The Morgan fingerprint density at radius 2 is 1.67 bits per heavy atom. The molecule has 0 aromatic rings. The lowest BCUT2D eigenvalue weighted by atomic mass is 10.4. The molecule has 0 aliphatic heterocycles. The molecule has 0 aliphatic carbocycles. The van der Waals surface area contributed by atoms with Crippen LogP contribution in [0, 0.1) is 0 Å². The van der Waals surface area contributed by atoms with E-state index in [1.807, 2.05) is 0 Å². The highest BCUT2D eigenvalue weighted by molar-refractivity contribution is 5.83. The largest absolute Gasteiger partial charge is 0.409 e. The van der Waals surface area contributed by atoms with E-state index >= 15 is 0 Å². The van der Waals surface area contributed by atoms with Crippen LogP contribution < -0.4 is 5.73 Å². The zero-order valence-corrected chi connectivity index (χ0v) is 11.5. The number of rotatable bonds is 11. The van der Waals surface area contributed by atoms with Crippen LogP contribution in [0.5, 0.6) is 0 Å². The van der Waals surface area contributed by atoms with Crippen molar-refractivity contribution in [2.24, 2.45) is 10.9 Å². The molecular weight excluding hydrogens is 238 g/mol. The molecule has 1 unspecified atom stereocenters. The van der Waals surface area contributed by atoms with Crippen LogP contribution >= 0.6 is 0 Å². The number of amidine groups is 1. The first-order valence-corrected chi connectivity index (χ1v) is 5.95. The molecule has 0 aromatic carbocycles. The van der Waals surface area contributed by atoms with Crippen molar-refractivity contribution in [3.8, 4) is 0 Å². The van der Waals surface area contributed by atoms with Crippen LogP contribution in [0.3, 0.4) is 0 Å². The first kappa shape index (κ1) is 17.1. The maximum Gasteiger partial charge on any atom is 0.168 e. The molecule has 0 fully saturated rings. The predicted octanol–water partition coefficient (Wildman–Crippen LogP) is -0.267. The van der Waals surface area contributed by atoms with Crippen LogP contribution in [0.4, 0.5) is 0 Å². The summed E-state index contributed by atoms with van der Waals surface area (Å²) >= 11 is 0. The van der Waals surface area contributed by atoms with Gasteiger partial charge in [0.05, 0.1) is 19.8 Å². The molecule has 7 heteroatoms. The van der Waals surface area contributed by atoms with E-state index in [0.29, 0.717) is 19.8 Å². The second kappa shape index (κ2) is 11.2. The molecule has 0 radical (unpaired) electrons. The van der Waals surface area contributed by atoms with Gasteiger partial charge >= 0.3 is 0 Å². The summed E-state index contributed by atoms with van der Waals surface area (Å²) in [6, 6.07) is 0. The van der Waals surface area contributed by atoms with Gasteiger partial charge in [0.25, 0.3) is 0 Å². The second-order valence-corrected chi connectivity index (χ2v) is 3.87. The highest BCUT2D eigenvalue weighted by Gasteiger charge is 2.09. The first-order valence-electron chi connectivity index (χ1n) is 5.95. The summed E-state index contributed by atoms with van der Waals surface area (Å²) in [5.74, 6) is 0.0790. The van der Waals surface area contributed by atoms with Gasteiger partial charge in [-0.15, -0.1) is 0 Å². The summed E-state index contributed by atoms with van der Waals surface area (Å²) < 4.78 is 15.5. The molecule has 0 saturated carbocycles. The number of nitrogens with two attached hydrogens (primary N) is 1. The maximum absolute atomic E-state index is 8.49. The van der Waals surface area contributed by atoms with Crippen molar-refractivity contribution in [3.63, 3.8) is 0 Å². The normalized spacial score (nSPS) is 14.1. The average molecular weight is 263 g/mol. The Balaban J connectivity index is 3.86. The molecule has 0 saturated heterocycles. The number of hydrogen-bond acceptors (Lipinski definition) is 6. The number of oxime groups is 1. The van der Waals surface area contributed by atoms with Gasteiger partial charge in [0, 0.05) is 33.9 Å². The molecule has 0 heterocycles. The minimum atomic E-state index is -0.387. The van der Waals surface area contributed by atoms with Gasteiger partial charge in [-0.25, -0.2) is 0 Å². The van der Waals surface area contributed by atoms with Gasteiger partial charge < -0.3 is 25.2 Å². The summed E-state index contributed by atoms with van der Waals surface area (Å²) in [5.41, 5.74) is 5.42. The van der Waals surface area contributed by atoms with Crippen molar-refractivity contribution in [1.29, 1.82) is 0 Å².